The van der Waals surface area contributed by atoms with Gasteiger partial charge < -0.3 is 20.3 Å². The van der Waals surface area contributed by atoms with Crippen LogP contribution in [0, 0.1) is 0 Å². The summed E-state index contributed by atoms with van der Waals surface area (Å²) in [4.78, 5) is 41.8. The number of aromatic amines is 1. The Morgan fingerprint density at radius 1 is 1.26 bits per heavy atom. The van der Waals surface area contributed by atoms with E-state index in [1.54, 1.807) is 0 Å². The average molecular weight is 483 g/mol. The molecule has 1 aliphatic rings. The summed E-state index contributed by atoms with van der Waals surface area (Å²) in [5, 5.41) is 0. The minimum atomic E-state index is -4.44. The fourth-order valence-electron chi connectivity index (χ4n) is 3.02. The number of phosphoric ester groups is 2. The van der Waals surface area contributed by atoms with Crippen LogP contribution in [0.3, 0.4) is 0 Å². The van der Waals surface area contributed by atoms with Crippen molar-refractivity contribution in [3.63, 3.8) is 0 Å². The molecule has 3 heterocycles. The highest BCUT2D eigenvalue weighted by molar-refractivity contribution is 7.47. The zero-order chi connectivity index (χ0) is 22.8. The lowest BCUT2D eigenvalue weighted by Crippen LogP contribution is -2.28. The number of nitrogens with one attached hydrogen (secondary N) is 1. The molecule has 0 radical (unpaired) electrons. The van der Waals surface area contributed by atoms with Crippen molar-refractivity contribution in [1.82, 2.24) is 19.5 Å². The van der Waals surface area contributed by atoms with Crippen LogP contribution in [0.4, 0.5) is 5.95 Å². The molecular weight excluding hydrogens is 460 g/mol. The van der Waals surface area contributed by atoms with E-state index < -0.39 is 46.2 Å². The van der Waals surface area contributed by atoms with E-state index in [2.05, 4.69) is 19.5 Å². The summed E-state index contributed by atoms with van der Waals surface area (Å²) in [5.41, 5.74) is 5.16. The van der Waals surface area contributed by atoms with Crippen LogP contribution >= 0.6 is 15.6 Å². The molecule has 0 amide bonds. The largest absolute Gasteiger partial charge is 0.472 e. The monoisotopic (exact) mass is 483 g/mol. The number of imidazole rings is 1. The van der Waals surface area contributed by atoms with E-state index in [1.165, 1.54) is 24.7 Å². The molecule has 0 aliphatic carbocycles. The molecular formula is C14H23N5O10P2. The third-order valence-corrected chi connectivity index (χ3v) is 6.38. The summed E-state index contributed by atoms with van der Waals surface area (Å²) in [6, 6.07) is 0. The SMILES string of the molecule is CCOP(=O)(O)OC[C@H]1O[C@@H](n2cnc3c(=O)[nH]c(N)nc32)C[C@@H]1OP(=O)(O)OCC. The first-order chi connectivity index (χ1) is 14.5. The highest BCUT2D eigenvalue weighted by Gasteiger charge is 2.43. The van der Waals surface area contributed by atoms with Gasteiger partial charge in [0.15, 0.2) is 11.2 Å². The number of anilines is 1. The van der Waals surface area contributed by atoms with Gasteiger partial charge in [-0.1, -0.05) is 0 Å². The highest BCUT2D eigenvalue weighted by Crippen LogP contribution is 2.49. The van der Waals surface area contributed by atoms with Gasteiger partial charge in [0, 0.05) is 6.42 Å². The van der Waals surface area contributed by atoms with Crippen molar-refractivity contribution in [2.24, 2.45) is 0 Å². The molecule has 1 aliphatic heterocycles. The average Bonchev–Trinajstić information content (AvgIpc) is 3.23. The van der Waals surface area contributed by atoms with Crippen molar-refractivity contribution in [3.8, 4) is 0 Å². The fourth-order valence-corrected chi connectivity index (χ4v) is 4.71. The third-order valence-electron chi connectivity index (χ3n) is 4.20. The molecule has 5 N–H and O–H groups in total. The zero-order valence-electron chi connectivity index (χ0n) is 16.6. The summed E-state index contributed by atoms with van der Waals surface area (Å²) in [5.74, 6) is -0.140. The van der Waals surface area contributed by atoms with Crippen LogP contribution in [0.15, 0.2) is 11.1 Å². The van der Waals surface area contributed by atoms with Crippen LogP contribution in [0.2, 0.25) is 0 Å². The number of rotatable bonds is 10. The van der Waals surface area contributed by atoms with E-state index >= 15 is 0 Å². The zero-order valence-corrected chi connectivity index (χ0v) is 18.4. The molecule has 2 unspecified atom stereocenters. The van der Waals surface area contributed by atoms with E-state index in [9.17, 15) is 23.7 Å². The van der Waals surface area contributed by atoms with Gasteiger partial charge in [0.1, 0.15) is 18.4 Å². The normalized spacial score (nSPS) is 25.5. The molecule has 31 heavy (non-hydrogen) atoms. The standard InChI is InChI=1S/C14H23N5O10P2/c1-3-25-30(21,22)27-6-9-8(29-31(23,24)26-4-2)5-10(28-9)19-7-16-11-12(19)17-14(15)18-13(11)20/h7-10H,3-6H2,1-2H3,(H,21,22)(H,23,24)(H3,15,17,18,20)/t8-,9+,10+/m0/s1. The van der Waals surface area contributed by atoms with Gasteiger partial charge in [-0.2, -0.15) is 4.98 Å². The quantitative estimate of drug-likeness (QED) is 0.343. The van der Waals surface area contributed by atoms with Crippen molar-refractivity contribution in [3.05, 3.63) is 16.7 Å². The van der Waals surface area contributed by atoms with Crippen LogP contribution in [0.25, 0.3) is 11.2 Å². The van der Waals surface area contributed by atoms with Crippen molar-refractivity contribution in [2.75, 3.05) is 25.6 Å². The van der Waals surface area contributed by atoms with Gasteiger partial charge in [-0.25, -0.2) is 14.1 Å². The van der Waals surface area contributed by atoms with Gasteiger partial charge in [0.2, 0.25) is 5.95 Å². The topological polar surface area (TPSA) is 210 Å². The van der Waals surface area contributed by atoms with Crippen molar-refractivity contribution in [2.45, 2.75) is 38.7 Å². The molecule has 15 nitrogen and oxygen atoms in total. The molecule has 2 aromatic rings. The fraction of sp³-hybridized carbons (Fsp3) is 0.643. The van der Waals surface area contributed by atoms with Gasteiger partial charge in [-0.05, 0) is 13.8 Å². The lowest BCUT2D eigenvalue weighted by atomic mass is 10.2. The number of nitrogens with zero attached hydrogens (tertiary/aromatic N) is 3. The molecule has 5 atom stereocenters. The predicted molar refractivity (Wildman–Crippen MR) is 105 cm³/mol. The Labute approximate surface area is 175 Å². The minimum absolute atomic E-state index is 0.00770. The van der Waals surface area contributed by atoms with E-state index in [0.717, 1.165) is 0 Å². The van der Waals surface area contributed by atoms with Crippen LogP contribution in [-0.4, -0.2) is 61.3 Å². The third kappa shape index (κ3) is 5.77. The number of hydrogen-bond donors (Lipinski definition) is 4. The van der Waals surface area contributed by atoms with E-state index in [0.29, 0.717) is 0 Å². The molecule has 1 fully saturated rings. The Morgan fingerprint density at radius 3 is 2.61 bits per heavy atom. The first-order valence-electron chi connectivity index (χ1n) is 9.20. The second kappa shape index (κ2) is 9.45. The number of nitrogen functional groups attached to an aromatic ring is 1. The Kier molecular flexibility index (Phi) is 7.31. The van der Waals surface area contributed by atoms with Crippen molar-refractivity contribution < 1.29 is 41.7 Å². The number of hydrogen-bond acceptors (Lipinski definition) is 11. The highest BCUT2D eigenvalue weighted by atomic mass is 31.2. The lowest BCUT2D eigenvalue weighted by molar-refractivity contribution is -0.0440. The minimum Gasteiger partial charge on any atom is -0.369 e. The number of nitrogens with two attached hydrogens (primary N) is 1. The molecule has 0 aromatic carbocycles. The number of phosphoric acid groups is 2. The maximum absolute atomic E-state index is 12.1. The summed E-state index contributed by atoms with van der Waals surface area (Å²) in [6.07, 6.45) is -1.75. The Hall–Kier alpha value is -1.67. The summed E-state index contributed by atoms with van der Waals surface area (Å²) in [6.45, 7) is 2.37. The van der Waals surface area contributed by atoms with Gasteiger partial charge in [0.25, 0.3) is 5.56 Å². The second-order valence-corrected chi connectivity index (χ2v) is 9.21. The van der Waals surface area contributed by atoms with E-state index in [4.69, 9.17) is 24.0 Å². The van der Waals surface area contributed by atoms with Gasteiger partial charge in [-0.15, -0.1) is 0 Å². The molecule has 0 bridgehead atoms. The van der Waals surface area contributed by atoms with Crippen LogP contribution in [0.1, 0.15) is 26.5 Å². The Morgan fingerprint density at radius 2 is 1.94 bits per heavy atom. The summed E-state index contributed by atoms with van der Waals surface area (Å²) >= 11 is 0. The molecule has 17 heteroatoms. The first-order valence-corrected chi connectivity index (χ1v) is 12.2. The summed E-state index contributed by atoms with van der Waals surface area (Å²) in [7, 11) is -8.80. The van der Waals surface area contributed by atoms with Gasteiger partial charge >= 0.3 is 15.6 Å². The second-order valence-electron chi connectivity index (χ2n) is 6.35. The van der Waals surface area contributed by atoms with E-state index in [-0.39, 0.29) is 36.7 Å². The maximum Gasteiger partial charge on any atom is 0.472 e. The predicted octanol–water partition coefficient (Wildman–Crippen LogP) is 0.665. The molecule has 0 spiro atoms. The number of ether oxygens (including phenoxy) is 1. The van der Waals surface area contributed by atoms with Crippen molar-refractivity contribution >= 4 is 32.8 Å². The number of fused-ring (bicyclic) bond motifs is 1. The lowest BCUT2D eigenvalue weighted by Gasteiger charge is -2.21. The van der Waals surface area contributed by atoms with Gasteiger partial charge in [0.05, 0.1) is 26.1 Å². The number of aromatic nitrogens is 4. The summed E-state index contributed by atoms with van der Waals surface area (Å²) < 4.78 is 50.6. The van der Waals surface area contributed by atoms with Crippen LogP contribution in [0.5, 0.6) is 0 Å². The molecule has 1 saturated heterocycles. The van der Waals surface area contributed by atoms with E-state index in [1.807, 2.05) is 0 Å². The maximum atomic E-state index is 12.1. The molecule has 2 aromatic heterocycles. The Bertz CT molecular complexity index is 1070. The van der Waals surface area contributed by atoms with Crippen LogP contribution < -0.4 is 11.3 Å². The smallest absolute Gasteiger partial charge is 0.369 e. The Balaban J connectivity index is 1.86. The number of H-pyrrole nitrogens is 1. The molecule has 0 saturated carbocycles. The van der Waals surface area contributed by atoms with Crippen molar-refractivity contribution in [1.29, 1.82) is 0 Å². The van der Waals surface area contributed by atoms with Gasteiger partial charge in [-0.3, -0.25) is 32.4 Å². The molecule has 174 valence electrons. The molecule has 3 rings (SSSR count). The van der Waals surface area contributed by atoms with Crippen LogP contribution in [-0.2, 0) is 32.0 Å². The first kappa shape index (κ1) is 24.0.